The van der Waals surface area contributed by atoms with Crippen molar-refractivity contribution in [3.8, 4) is 17.1 Å². The first-order chi connectivity index (χ1) is 13.6. The standard InChI is InChI=1S/C20H28N6O2/c1-5-26-24-19(22-25-26)16-11-12-17(27-4)15(13-16)9-7-6-8-10-18-21-23-20(28-18)14(2)3/h11-14H,5-10H2,1-4H3. The molecule has 0 aliphatic rings. The van der Waals surface area contributed by atoms with Crippen LogP contribution in [-0.2, 0) is 19.4 Å². The predicted molar refractivity (Wildman–Crippen MR) is 105 cm³/mol. The summed E-state index contributed by atoms with van der Waals surface area (Å²) in [6, 6.07) is 6.05. The highest BCUT2D eigenvalue weighted by Gasteiger charge is 2.11. The normalized spacial score (nSPS) is 11.3. The molecule has 3 aromatic rings. The van der Waals surface area contributed by atoms with E-state index in [4.69, 9.17) is 9.15 Å². The summed E-state index contributed by atoms with van der Waals surface area (Å²) in [6.45, 7) is 6.80. The van der Waals surface area contributed by atoms with Crippen LogP contribution in [0.4, 0.5) is 0 Å². The largest absolute Gasteiger partial charge is 0.496 e. The molecule has 0 fully saturated rings. The van der Waals surface area contributed by atoms with Gasteiger partial charge in [-0.15, -0.1) is 20.4 Å². The highest BCUT2D eigenvalue weighted by atomic mass is 16.5. The molecule has 2 heterocycles. The number of unbranched alkanes of at least 4 members (excludes halogenated alkanes) is 2. The van der Waals surface area contributed by atoms with Crippen LogP contribution in [0.25, 0.3) is 11.4 Å². The van der Waals surface area contributed by atoms with Crippen molar-refractivity contribution in [3.63, 3.8) is 0 Å². The van der Waals surface area contributed by atoms with E-state index in [1.807, 2.05) is 19.1 Å². The van der Waals surface area contributed by atoms with E-state index < -0.39 is 0 Å². The van der Waals surface area contributed by atoms with Crippen LogP contribution in [0.1, 0.15) is 63.3 Å². The molecule has 28 heavy (non-hydrogen) atoms. The van der Waals surface area contributed by atoms with Crippen molar-refractivity contribution in [2.75, 3.05) is 7.11 Å². The Kier molecular flexibility index (Phi) is 6.73. The Morgan fingerprint density at radius 3 is 2.57 bits per heavy atom. The third-order valence-corrected chi connectivity index (χ3v) is 4.59. The topological polar surface area (TPSA) is 91.8 Å². The maximum atomic E-state index is 5.66. The molecule has 150 valence electrons. The van der Waals surface area contributed by atoms with Gasteiger partial charge in [0.25, 0.3) is 0 Å². The molecule has 0 spiro atoms. The van der Waals surface area contributed by atoms with Gasteiger partial charge in [0, 0.05) is 17.9 Å². The zero-order valence-electron chi connectivity index (χ0n) is 17.1. The van der Waals surface area contributed by atoms with Gasteiger partial charge < -0.3 is 9.15 Å². The third-order valence-electron chi connectivity index (χ3n) is 4.59. The van der Waals surface area contributed by atoms with Crippen molar-refractivity contribution in [3.05, 3.63) is 35.5 Å². The number of methoxy groups -OCH3 is 1. The number of aromatic nitrogens is 6. The van der Waals surface area contributed by atoms with Gasteiger partial charge in [-0.25, -0.2) is 0 Å². The lowest BCUT2D eigenvalue weighted by molar-refractivity contribution is 0.408. The smallest absolute Gasteiger partial charge is 0.219 e. The number of hydrogen-bond donors (Lipinski definition) is 0. The Hall–Kier alpha value is -2.77. The van der Waals surface area contributed by atoms with Crippen LogP contribution in [0, 0.1) is 0 Å². The summed E-state index contributed by atoms with van der Waals surface area (Å²) < 4.78 is 11.2. The molecule has 8 nitrogen and oxygen atoms in total. The van der Waals surface area contributed by atoms with Gasteiger partial charge in [-0.1, -0.05) is 20.3 Å². The number of tetrazole rings is 1. The summed E-state index contributed by atoms with van der Waals surface area (Å²) in [4.78, 5) is 1.58. The molecule has 0 unspecified atom stereocenters. The van der Waals surface area contributed by atoms with Crippen molar-refractivity contribution < 1.29 is 9.15 Å². The van der Waals surface area contributed by atoms with E-state index >= 15 is 0 Å². The zero-order valence-corrected chi connectivity index (χ0v) is 17.1. The maximum absolute atomic E-state index is 5.66. The van der Waals surface area contributed by atoms with Gasteiger partial charge in [-0.05, 0) is 55.2 Å². The van der Waals surface area contributed by atoms with Gasteiger partial charge in [-0.3, -0.25) is 0 Å². The van der Waals surface area contributed by atoms with Crippen molar-refractivity contribution in [1.82, 2.24) is 30.4 Å². The lowest BCUT2D eigenvalue weighted by atomic mass is 10.0. The van der Waals surface area contributed by atoms with Crippen LogP contribution in [0.5, 0.6) is 5.75 Å². The zero-order chi connectivity index (χ0) is 19.9. The fourth-order valence-electron chi connectivity index (χ4n) is 2.98. The van der Waals surface area contributed by atoms with Gasteiger partial charge in [0.1, 0.15) is 5.75 Å². The molecule has 8 heteroatoms. The monoisotopic (exact) mass is 384 g/mol. The Morgan fingerprint density at radius 1 is 1.07 bits per heavy atom. The molecule has 3 rings (SSSR count). The molecule has 0 bridgehead atoms. The van der Waals surface area contributed by atoms with Crippen LogP contribution in [0.2, 0.25) is 0 Å². The minimum atomic E-state index is 0.273. The lowest BCUT2D eigenvalue weighted by Gasteiger charge is -2.09. The number of rotatable bonds is 10. The lowest BCUT2D eigenvalue weighted by Crippen LogP contribution is -1.98. The summed E-state index contributed by atoms with van der Waals surface area (Å²) in [6.07, 6.45) is 4.91. The Labute approximate surface area is 165 Å². The minimum Gasteiger partial charge on any atom is -0.496 e. The van der Waals surface area contributed by atoms with Crippen molar-refractivity contribution in [2.45, 2.75) is 65.3 Å². The average molecular weight is 384 g/mol. The second-order valence-corrected chi connectivity index (χ2v) is 7.08. The number of benzene rings is 1. The number of hydrogen-bond acceptors (Lipinski definition) is 7. The van der Waals surface area contributed by atoms with E-state index in [2.05, 4.69) is 45.5 Å². The fraction of sp³-hybridized carbons (Fsp3) is 0.550. The Balaban J connectivity index is 1.54. The van der Waals surface area contributed by atoms with Crippen LogP contribution < -0.4 is 4.74 Å². The molecule has 0 aliphatic heterocycles. The molecule has 1 aromatic carbocycles. The first-order valence-corrected chi connectivity index (χ1v) is 9.88. The van der Waals surface area contributed by atoms with Crippen LogP contribution >= 0.6 is 0 Å². The second-order valence-electron chi connectivity index (χ2n) is 7.08. The molecular formula is C20H28N6O2. The number of nitrogens with zero attached hydrogens (tertiary/aromatic N) is 6. The molecule has 0 saturated carbocycles. The summed E-state index contributed by atoms with van der Waals surface area (Å²) in [5.41, 5.74) is 2.12. The first-order valence-electron chi connectivity index (χ1n) is 9.88. The number of ether oxygens (including phenoxy) is 1. The van der Waals surface area contributed by atoms with Crippen molar-refractivity contribution in [2.24, 2.45) is 0 Å². The molecule has 0 N–H and O–H groups in total. The molecule has 2 aromatic heterocycles. The summed E-state index contributed by atoms with van der Waals surface area (Å²) in [5.74, 6) is 3.25. The Morgan fingerprint density at radius 2 is 1.89 bits per heavy atom. The van der Waals surface area contributed by atoms with Crippen molar-refractivity contribution in [1.29, 1.82) is 0 Å². The summed E-state index contributed by atoms with van der Waals surface area (Å²) in [5, 5.41) is 20.7. The maximum Gasteiger partial charge on any atom is 0.219 e. The minimum absolute atomic E-state index is 0.273. The van der Waals surface area contributed by atoms with Crippen LogP contribution in [-0.4, -0.2) is 37.5 Å². The highest BCUT2D eigenvalue weighted by molar-refractivity contribution is 5.58. The van der Waals surface area contributed by atoms with E-state index in [9.17, 15) is 0 Å². The summed E-state index contributed by atoms with van der Waals surface area (Å²) in [7, 11) is 1.70. The Bertz CT molecular complexity index is 886. The molecular weight excluding hydrogens is 356 g/mol. The van der Waals surface area contributed by atoms with E-state index in [0.29, 0.717) is 18.3 Å². The molecule has 0 amide bonds. The van der Waals surface area contributed by atoms with Crippen LogP contribution in [0.3, 0.4) is 0 Å². The van der Waals surface area contributed by atoms with Gasteiger partial charge in [-0.2, -0.15) is 4.80 Å². The van der Waals surface area contributed by atoms with Crippen LogP contribution in [0.15, 0.2) is 22.6 Å². The quantitative estimate of drug-likeness (QED) is 0.490. The number of aryl methyl sites for hydroxylation is 3. The molecule has 0 aliphatic carbocycles. The predicted octanol–water partition coefficient (Wildman–Crippen LogP) is 3.83. The SMILES string of the molecule is CCn1nnc(-c2ccc(OC)c(CCCCCc3nnc(C(C)C)o3)c2)n1. The van der Waals surface area contributed by atoms with Gasteiger partial charge in [0.15, 0.2) is 0 Å². The fourth-order valence-corrected chi connectivity index (χ4v) is 2.98. The van der Waals surface area contributed by atoms with E-state index in [0.717, 1.165) is 54.9 Å². The molecule has 0 atom stereocenters. The van der Waals surface area contributed by atoms with E-state index in [-0.39, 0.29) is 5.92 Å². The summed E-state index contributed by atoms with van der Waals surface area (Å²) >= 11 is 0. The van der Waals surface area contributed by atoms with E-state index in [1.165, 1.54) is 0 Å². The van der Waals surface area contributed by atoms with Gasteiger partial charge in [0.2, 0.25) is 17.6 Å². The van der Waals surface area contributed by atoms with Gasteiger partial charge in [0.05, 0.1) is 13.7 Å². The molecule has 0 saturated heterocycles. The average Bonchev–Trinajstić information content (AvgIpc) is 3.37. The third kappa shape index (κ3) is 4.94. The molecule has 0 radical (unpaired) electrons. The van der Waals surface area contributed by atoms with E-state index in [1.54, 1.807) is 11.9 Å². The second kappa shape index (κ2) is 9.43. The van der Waals surface area contributed by atoms with Gasteiger partial charge >= 0.3 is 0 Å². The first kappa shape index (κ1) is 20.0. The highest BCUT2D eigenvalue weighted by Crippen LogP contribution is 2.26. The van der Waals surface area contributed by atoms with Crippen molar-refractivity contribution >= 4 is 0 Å².